The minimum atomic E-state index is -3.51. The van der Waals surface area contributed by atoms with Gasteiger partial charge < -0.3 is 5.73 Å². The van der Waals surface area contributed by atoms with Crippen molar-refractivity contribution in [1.82, 2.24) is 0 Å². The maximum atomic E-state index is 12.7. The van der Waals surface area contributed by atoms with E-state index in [-0.39, 0.29) is 24.3 Å². The van der Waals surface area contributed by atoms with Gasteiger partial charge in [-0.3, -0.25) is 4.31 Å². The van der Waals surface area contributed by atoms with Gasteiger partial charge in [0.05, 0.1) is 22.4 Å². The molecule has 1 aromatic rings. The van der Waals surface area contributed by atoms with Crippen LogP contribution in [-0.2, 0) is 26.3 Å². The highest BCUT2D eigenvalue weighted by Gasteiger charge is 2.39. The molecule has 2 N–H and O–H groups in total. The van der Waals surface area contributed by atoms with E-state index >= 15 is 0 Å². The Morgan fingerprint density at radius 1 is 1.19 bits per heavy atom. The maximum Gasteiger partial charge on any atom is 0.238 e. The van der Waals surface area contributed by atoms with Crippen molar-refractivity contribution in [3.05, 3.63) is 23.8 Å². The number of anilines is 2. The summed E-state index contributed by atoms with van der Waals surface area (Å²) in [6, 6.07) is 5.23. The summed E-state index contributed by atoms with van der Waals surface area (Å²) in [5.41, 5.74) is 7.96. The van der Waals surface area contributed by atoms with Crippen molar-refractivity contribution in [3.8, 4) is 0 Å². The number of nitrogen functional groups attached to an aromatic ring is 1. The first-order valence-electron chi connectivity index (χ1n) is 6.90. The lowest BCUT2D eigenvalue weighted by Gasteiger charge is -2.28. The summed E-state index contributed by atoms with van der Waals surface area (Å²) in [4.78, 5) is 0. The van der Waals surface area contributed by atoms with Crippen LogP contribution in [0, 0.1) is 0 Å². The minimum Gasteiger partial charge on any atom is -0.399 e. The molecule has 2 heterocycles. The van der Waals surface area contributed by atoms with Crippen molar-refractivity contribution < 1.29 is 16.8 Å². The van der Waals surface area contributed by atoms with Crippen molar-refractivity contribution >= 4 is 31.2 Å². The van der Waals surface area contributed by atoms with Gasteiger partial charge in [0.1, 0.15) is 9.84 Å². The van der Waals surface area contributed by atoms with Crippen molar-refractivity contribution in [2.45, 2.75) is 24.5 Å². The molecule has 3 rings (SSSR count). The van der Waals surface area contributed by atoms with Crippen LogP contribution in [0.15, 0.2) is 18.2 Å². The summed E-state index contributed by atoms with van der Waals surface area (Å²) in [6.45, 7) is 0.407. The lowest BCUT2D eigenvalue weighted by atomic mass is 10.1. The van der Waals surface area contributed by atoms with Crippen LogP contribution in [0.4, 0.5) is 11.4 Å². The van der Waals surface area contributed by atoms with Gasteiger partial charge in [0, 0.05) is 12.2 Å². The van der Waals surface area contributed by atoms with Gasteiger partial charge >= 0.3 is 0 Å². The van der Waals surface area contributed by atoms with Gasteiger partial charge in [-0.05, 0) is 43.0 Å². The zero-order valence-corrected chi connectivity index (χ0v) is 13.2. The average Bonchev–Trinajstić information content (AvgIpc) is 2.81. The smallest absolute Gasteiger partial charge is 0.238 e. The summed E-state index contributed by atoms with van der Waals surface area (Å²) < 4.78 is 49.8. The molecule has 0 radical (unpaired) electrons. The Balaban J connectivity index is 1.88. The average molecular weight is 330 g/mol. The number of hydrogen-bond donors (Lipinski definition) is 1. The molecule has 0 atom stereocenters. The third-order valence-corrected chi connectivity index (χ3v) is 8.21. The molecular formula is C13H18N2O4S2. The molecule has 6 nitrogen and oxygen atoms in total. The summed E-state index contributed by atoms with van der Waals surface area (Å²) >= 11 is 0. The molecule has 0 aliphatic carbocycles. The monoisotopic (exact) mass is 330 g/mol. The van der Waals surface area contributed by atoms with Gasteiger partial charge in [-0.1, -0.05) is 0 Å². The van der Waals surface area contributed by atoms with E-state index in [1.54, 1.807) is 18.2 Å². The Kier molecular flexibility index (Phi) is 3.40. The van der Waals surface area contributed by atoms with Crippen LogP contribution in [0.5, 0.6) is 0 Å². The molecule has 0 bridgehead atoms. The van der Waals surface area contributed by atoms with Crippen LogP contribution in [0.25, 0.3) is 0 Å². The highest BCUT2D eigenvalue weighted by Crippen LogP contribution is 2.34. The molecule has 116 valence electrons. The lowest BCUT2D eigenvalue weighted by molar-refractivity contribution is 0.550. The van der Waals surface area contributed by atoms with Crippen LogP contribution in [0.1, 0.15) is 18.4 Å². The molecule has 0 spiro atoms. The summed E-state index contributed by atoms with van der Waals surface area (Å²) in [7, 11) is -6.58. The summed E-state index contributed by atoms with van der Waals surface area (Å²) in [5.74, 6) is -0.0847. The second kappa shape index (κ2) is 4.88. The number of fused-ring (bicyclic) bond motifs is 1. The third kappa shape index (κ3) is 2.62. The first kappa shape index (κ1) is 14.6. The SMILES string of the molecule is Nc1ccc2c(c1)CCN2S(=O)(=O)C1CCS(=O)(=O)CC1. The van der Waals surface area contributed by atoms with E-state index in [2.05, 4.69) is 0 Å². The van der Waals surface area contributed by atoms with Gasteiger partial charge in [0.25, 0.3) is 0 Å². The predicted octanol–water partition coefficient (Wildman–Crippen LogP) is 0.538. The molecule has 21 heavy (non-hydrogen) atoms. The lowest BCUT2D eigenvalue weighted by Crippen LogP contribution is -2.42. The number of benzene rings is 1. The van der Waals surface area contributed by atoms with Crippen molar-refractivity contribution in [2.24, 2.45) is 0 Å². The Morgan fingerprint density at radius 3 is 2.52 bits per heavy atom. The van der Waals surface area contributed by atoms with E-state index in [0.717, 1.165) is 5.56 Å². The van der Waals surface area contributed by atoms with Crippen molar-refractivity contribution in [2.75, 3.05) is 28.1 Å². The zero-order chi connectivity index (χ0) is 15.3. The maximum absolute atomic E-state index is 12.7. The van der Waals surface area contributed by atoms with E-state index < -0.39 is 25.1 Å². The van der Waals surface area contributed by atoms with Crippen LogP contribution in [0.3, 0.4) is 0 Å². The van der Waals surface area contributed by atoms with E-state index in [9.17, 15) is 16.8 Å². The van der Waals surface area contributed by atoms with Gasteiger partial charge in [-0.15, -0.1) is 0 Å². The molecule has 2 aliphatic heterocycles. The molecule has 0 amide bonds. The summed E-state index contributed by atoms with van der Waals surface area (Å²) in [6.07, 6.45) is 1.02. The Labute approximate surface area is 124 Å². The Hall–Kier alpha value is -1.28. The van der Waals surface area contributed by atoms with Gasteiger partial charge in [0.2, 0.25) is 10.0 Å². The molecule has 1 fully saturated rings. The fourth-order valence-corrected chi connectivity index (χ4v) is 6.78. The van der Waals surface area contributed by atoms with E-state index in [0.29, 0.717) is 24.3 Å². The molecule has 1 saturated heterocycles. The number of hydrogen-bond acceptors (Lipinski definition) is 5. The standard InChI is InChI=1S/C13H18N2O4S2/c14-11-1-2-13-10(9-11)3-6-15(13)21(18,19)12-4-7-20(16,17)8-5-12/h1-2,9,12H,3-8,14H2. The molecule has 8 heteroatoms. The fraction of sp³-hybridized carbons (Fsp3) is 0.538. The summed E-state index contributed by atoms with van der Waals surface area (Å²) in [5, 5.41) is -0.607. The second-order valence-corrected chi connectivity index (χ2v) is 10.0. The van der Waals surface area contributed by atoms with E-state index in [4.69, 9.17) is 5.73 Å². The normalized spacial score (nSPS) is 22.2. The molecular weight excluding hydrogens is 312 g/mol. The molecule has 1 aromatic carbocycles. The van der Waals surface area contributed by atoms with Crippen LogP contribution in [-0.4, -0.2) is 40.1 Å². The number of rotatable bonds is 2. The predicted molar refractivity (Wildman–Crippen MR) is 82.5 cm³/mol. The van der Waals surface area contributed by atoms with E-state index in [1.807, 2.05) is 0 Å². The highest BCUT2D eigenvalue weighted by atomic mass is 32.2. The Bertz CT molecular complexity index is 757. The number of nitrogens with zero attached hydrogens (tertiary/aromatic N) is 1. The van der Waals surface area contributed by atoms with E-state index in [1.165, 1.54) is 4.31 Å². The third-order valence-electron chi connectivity index (χ3n) is 4.19. The molecule has 0 aromatic heterocycles. The van der Waals surface area contributed by atoms with Crippen LogP contribution < -0.4 is 10.0 Å². The first-order chi connectivity index (χ1) is 9.79. The first-order valence-corrected chi connectivity index (χ1v) is 10.2. The molecule has 2 aliphatic rings. The zero-order valence-electron chi connectivity index (χ0n) is 11.5. The molecule has 0 saturated carbocycles. The van der Waals surface area contributed by atoms with Gasteiger partial charge in [0.15, 0.2) is 0 Å². The minimum absolute atomic E-state index is 0.0423. The second-order valence-electron chi connectivity index (χ2n) is 5.61. The van der Waals surface area contributed by atoms with Gasteiger partial charge in [-0.2, -0.15) is 0 Å². The van der Waals surface area contributed by atoms with Crippen LogP contribution >= 0.6 is 0 Å². The van der Waals surface area contributed by atoms with Gasteiger partial charge in [-0.25, -0.2) is 16.8 Å². The van der Waals surface area contributed by atoms with Crippen molar-refractivity contribution in [3.63, 3.8) is 0 Å². The number of sulfonamides is 1. The fourth-order valence-electron chi connectivity index (χ4n) is 3.00. The number of sulfone groups is 1. The Morgan fingerprint density at radius 2 is 1.86 bits per heavy atom. The van der Waals surface area contributed by atoms with Crippen LogP contribution in [0.2, 0.25) is 0 Å². The quantitative estimate of drug-likeness (QED) is 0.798. The largest absolute Gasteiger partial charge is 0.399 e. The molecule has 0 unspecified atom stereocenters. The number of nitrogens with two attached hydrogens (primary N) is 1. The van der Waals surface area contributed by atoms with Crippen molar-refractivity contribution in [1.29, 1.82) is 0 Å². The highest BCUT2D eigenvalue weighted by molar-refractivity contribution is 7.94. The topological polar surface area (TPSA) is 97.5 Å².